The predicted octanol–water partition coefficient (Wildman–Crippen LogP) is 4.05. The summed E-state index contributed by atoms with van der Waals surface area (Å²) in [7, 11) is 1.93. The first-order chi connectivity index (χ1) is 14.8. The lowest BCUT2D eigenvalue weighted by Gasteiger charge is -2.37. The van der Waals surface area contributed by atoms with Gasteiger partial charge in [-0.25, -0.2) is 9.97 Å². The Balaban J connectivity index is 1.33. The highest BCUT2D eigenvalue weighted by atomic mass is 32.1. The summed E-state index contributed by atoms with van der Waals surface area (Å²) in [6.45, 7) is 6.05. The second-order valence-electron chi connectivity index (χ2n) is 8.75. The lowest BCUT2D eigenvalue weighted by molar-refractivity contribution is -0.126. The summed E-state index contributed by atoms with van der Waals surface area (Å²) in [6.07, 6.45) is 1.47. The molecule has 166 valence electrons. The van der Waals surface area contributed by atoms with Crippen LogP contribution < -0.4 is 4.90 Å². The van der Waals surface area contributed by atoms with E-state index in [9.17, 15) is 13.2 Å². The van der Waals surface area contributed by atoms with E-state index >= 15 is 0 Å². The van der Waals surface area contributed by atoms with Crippen LogP contribution >= 0.6 is 11.3 Å². The second-order valence-corrected chi connectivity index (χ2v) is 9.87. The Hall–Kier alpha value is -2.20. The smallest absolute Gasteiger partial charge is 0.355 e. The molecule has 31 heavy (non-hydrogen) atoms. The highest BCUT2D eigenvalue weighted by Gasteiger charge is 2.39. The van der Waals surface area contributed by atoms with E-state index < -0.39 is 12.6 Å². The fraction of sp³-hybridized carbons (Fsp3) is 0.571. The summed E-state index contributed by atoms with van der Waals surface area (Å²) in [4.78, 5) is 14.4. The van der Waals surface area contributed by atoms with E-state index in [0.29, 0.717) is 22.7 Å². The summed E-state index contributed by atoms with van der Waals surface area (Å²) < 4.78 is 40.4. The number of hydrogen-bond donors (Lipinski definition) is 0. The van der Waals surface area contributed by atoms with Gasteiger partial charge in [0.15, 0.2) is 0 Å². The van der Waals surface area contributed by atoms with Gasteiger partial charge in [0.25, 0.3) is 0 Å². The number of hydrogen-bond acceptors (Lipinski definition) is 6. The summed E-state index contributed by atoms with van der Waals surface area (Å²) in [5.41, 5.74) is 1.23. The van der Waals surface area contributed by atoms with Crippen LogP contribution in [0.2, 0.25) is 0 Å². The van der Waals surface area contributed by atoms with Crippen LogP contribution in [-0.4, -0.2) is 57.0 Å². The van der Waals surface area contributed by atoms with Gasteiger partial charge in [0.05, 0.1) is 18.0 Å². The van der Waals surface area contributed by atoms with Gasteiger partial charge < -0.3 is 4.90 Å². The Morgan fingerprint density at radius 1 is 1.19 bits per heavy atom. The number of alkyl halides is 3. The molecule has 0 spiro atoms. The van der Waals surface area contributed by atoms with Crippen molar-refractivity contribution in [3.05, 3.63) is 35.2 Å². The minimum absolute atomic E-state index is 0.289. The van der Waals surface area contributed by atoms with Gasteiger partial charge in [0.1, 0.15) is 17.0 Å². The average molecular weight is 451 g/mol. The molecule has 0 N–H and O–H groups in total. The highest BCUT2D eigenvalue weighted by molar-refractivity contribution is 7.18. The third kappa shape index (κ3) is 4.15. The van der Waals surface area contributed by atoms with Crippen LogP contribution in [0.4, 0.5) is 19.0 Å². The number of likely N-dealkylation sites (tertiary alicyclic amines) is 1. The zero-order valence-corrected chi connectivity index (χ0v) is 18.3. The molecule has 2 saturated heterocycles. The van der Waals surface area contributed by atoms with E-state index in [0.717, 1.165) is 55.1 Å². The summed E-state index contributed by atoms with van der Waals surface area (Å²) in [6, 6.07) is 1.94. The summed E-state index contributed by atoms with van der Waals surface area (Å²) in [5.74, 6) is 1.87. The first-order valence-corrected chi connectivity index (χ1v) is 11.4. The number of aryl methyl sites for hydroxylation is 1. The summed E-state index contributed by atoms with van der Waals surface area (Å²) in [5, 5.41) is 5.04. The third-order valence-corrected chi connectivity index (χ3v) is 7.66. The third-order valence-electron chi connectivity index (χ3n) is 6.62. The van der Waals surface area contributed by atoms with Gasteiger partial charge in [0, 0.05) is 49.4 Å². The number of piperidine rings is 1. The molecule has 2 aliphatic rings. The molecule has 0 aliphatic carbocycles. The molecule has 0 radical (unpaired) electrons. The van der Waals surface area contributed by atoms with Crippen molar-refractivity contribution in [2.24, 2.45) is 18.9 Å². The Morgan fingerprint density at radius 3 is 2.74 bits per heavy atom. The number of aromatic nitrogens is 4. The monoisotopic (exact) mass is 450 g/mol. The standard InChI is InChI=1S/C21H25F3N6S/c1-13(15-7-27-28(2)8-15)29-4-3-14-9-30(11-16(14)10-29)19-18-5-17(6-21(22,23)24)31-20(18)26-12-25-19/h5,7-8,12-14,16H,3-4,6,9-11H2,1-2H3/t13-,14+,16-/m1/s1. The predicted molar refractivity (Wildman–Crippen MR) is 114 cm³/mol. The summed E-state index contributed by atoms with van der Waals surface area (Å²) >= 11 is 1.11. The number of rotatable bonds is 4. The van der Waals surface area contributed by atoms with E-state index in [-0.39, 0.29) is 4.88 Å². The zero-order chi connectivity index (χ0) is 21.8. The van der Waals surface area contributed by atoms with Crippen molar-refractivity contribution in [2.45, 2.75) is 32.0 Å². The Labute approximate surface area is 182 Å². The van der Waals surface area contributed by atoms with Crippen molar-refractivity contribution in [3.8, 4) is 0 Å². The van der Waals surface area contributed by atoms with E-state index in [1.807, 2.05) is 17.9 Å². The van der Waals surface area contributed by atoms with Crippen LogP contribution in [0.5, 0.6) is 0 Å². The fourth-order valence-electron chi connectivity index (χ4n) is 5.02. The maximum atomic E-state index is 12.8. The van der Waals surface area contributed by atoms with Crippen molar-refractivity contribution in [3.63, 3.8) is 0 Å². The normalized spacial score (nSPS) is 23.5. The van der Waals surface area contributed by atoms with Gasteiger partial charge in [-0.15, -0.1) is 11.3 Å². The zero-order valence-electron chi connectivity index (χ0n) is 17.5. The Morgan fingerprint density at radius 2 is 2.00 bits per heavy atom. The first kappa shape index (κ1) is 20.7. The van der Waals surface area contributed by atoms with Gasteiger partial charge >= 0.3 is 6.18 Å². The minimum atomic E-state index is -4.22. The largest absolute Gasteiger partial charge is 0.393 e. The van der Waals surface area contributed by atoms with Crippen molar-refractivity contribution >= 4 is 27.4 Å². The molecule has 6 nitrogen and oxygen atoms in total. The van der Waals surface area contributed by atoms with E-state index in [1.165, 1.54) is 11.9 Å². The molecule has 5 heterocycles. The average Bonchev–Trinajstić information content (AvgIpc) is 3.42. The maximum Gasteiger partial charge on any atom is 0.393 e. The molecule has 0 bridgehead atoms. The topological polar surface area (TPSA) is 50.1 Å². The van der Waals surface area contributed by atoms with E-state index in [2.05, 4.69) is 38.0 Å². The molecule has 0 saturated carbocycles. The quantitative estimate of drug-likeness (QED) is 0.600. The van der Waals surface area contributed by atoms with E-state index in [1.54, 1.807) is 6.07 Å². The molecule has 3 atom stereocenters. The SMILES string of the molecule is C[C@H](c1cnn(C)c1)N1CC[C@H]2CN(c3ncnc4sc(CC(F)(F)F)cc34)C[C@H]2C1. The number of halogens is 3. The highest BCUT2D eigenvalue weighted by Crippen LogP contribution is 2.39. The van der Waals surface area contributed by atoms with Gasteiger partial charge in [0.2, 0.25) is 0 Å². The molecule has 0 unspecified atom stereocenters. The van der Waals surface area contributed by atoms with Crippen LogP contribution in [0.15, 0.2) is 24.8 Å². The molecule has 0 amide bonds. The van der Waals surface area contributed by atoms with Crippen LogP contribution in [0.1, 0.15) is 29.8 Å². The minimum Gasteiger partial charge on any atom is -0.355 e. The Kier molecular flexibility index (Phi) is 5.16. The molecule has 3 aromatic rings. The van der Waals surface area contributed by atoms with Gasteiger partial charge in [-0.2, -0.15) is 18.3 Å². The van der Waals surface area contributed by atoms with E-state index in [4.69, 9.17) is 0 Å². The number of fused-ring (bicyclic) bond motifs is 2. The van der Waals surface area contributed by atoms with Crippen molar-refractivity contribution in [1.29, 1.82) is 0 Å². The first-order valence-electron chi connectivity index (χ1n) is 10.5. The molecular formula is C21H25F3N6S. The van der Waals surface area contributed by atoms with Crippen LogP contribution in [0, 0.1) is 11.8 Å². The molecule has 2 fully saturated rings. The molecule has 2 aliphatic heterocycles. The van der Waals surface area contributed by atoms with Gasteiger partial charge in [-0.3, -0.25) is 9.58 Å². The molecule has 3 aromatic heterocycles. The molecular weight excluding hydrogens is 425 g/mol. The molecule has 10 heteroatoms. The second kappa shape index (κ2) is 7.74. The lowest BCUT2D eigenvalue weighted by Crippen LogP contribution is -2.41. The van der Waals surface area contributed by atoms with Crippen molar-refractivity contribution in [1.82, 2.24) is 24.6 Å². The maximum absolute atomic E-state index is 12.8. The van der Waals surface area contributed by atoms with Crippen LogP contribution in [0.25, 0.3) is 10.2 Å². The van der Waals surface area contributed by atoms with Crippen molar-refractivity contribution < 1.29 is 13.2 Å². The molecule has 0 aromatic carbocycles. The number of anilines is 1. The lowest BCUT2D eigenvalue weighted by atomic mass is 9.87. The van der Waals surface area contributed by atoms with Crippen LogP contribution in [-0.2, 0) is 13.5 Å². The van der Waals surface area contributed by atoms with Gasteiger partial charge in [-0.1, -0.05) is 0 Å². The van der Waals surface area contributed by atoms with Gasteiger partial charge in [-0.05, 0) is 37.8 Å². The number of nitrogens with zero attached hydrogens (tertiary/aromatic N) is 6. The number of thiophene rings is 1. The molecule has 5 rings (SSSR count). The Bertz CT molecular complexity index is 1080. The van der Waals surface area contributed by atoms with Crippen molar-refractivity contribution in [2.75, 3.05) is 31.1 Å². The fourth-order valence-corrected chi connectivity index (χ4v) is 6.04. The van der Waals surface area contributed by atoms with Crippen LogP contribution in [0.3, 0.4) is 0 Å².